The maximum atomic E-state index is 11.7. The molecule has 0 spiro atoms. The number of amides is 2. The van der Waals surface area contributed by atoms with E-state index in [2.05, 4.69) is 10.6 Å². The van der Waals surface area contributed by atoms with Gasteiger partial charge in [-0.05, 0) is 33.2 Å². The van der Waals surface area contributed by atoms with Crippen LogP contribution in [0.25, 0.3) is 0 Å². The lowest BCUT2D eigenvalue weighted by Gasteiger charge is -2.24. The van der Waals surface area contributed by atoms with Crippen LogP contribution in [0.2, 0.25) is 0 Å². The summed E-state index contributed by atoms with van der Waals surface area (Å²) in [5.41, 5.74) is 4.51. The monoisotopic (exact) mass is 199 g/mol. The molecule has 1 fully saturated rings. The topological polar surface area (TPSA) is 84.2 Å². The van der Waals surface area contributed by atoms with Gasteiger partial charge in [0.15, 0.2) is 0 Å². The van der Waals surface area contributed by atoms with E-state index >= 15 is 0 Å². The van der Waals surface area contributed by atoms with Crippen molar-refractivity contribution in [1.29, 1.82) is 0 Å². The van der Waals surface area contributed by atoms with Crippen LogP contribution in [0.5, 0.6) is 0 Å². The van der Waals surface area contributed by atoms with Crippen LogP contribution in [-0.4, -0.2) is 29.9 Å². The maximum absolute atomic E-state index is 11.7. The molecule has 80 valence electrons. The van der Waals surface area contributed by atoms with Gasteiger partial charge < -0.3 is 16.4 Å². The Bertz CT molecular complexity index is 246. The van der Waals surface area contributed by atoms with Gasteiger partial charge in [-0.25, -0.2) is 0 Å². The summed E-state index contributed by atoms with van der Waals surface area (Å²) in [5, 5.41) is 5.70. The summed E-state index contributed by atoms with van der Waals surface area (Å²) in [4.78, 5) is 22.4. The van der Waals surface area contributed by atoms with E-state index in [1.807, 2.05) is 6.92 Å². The second kappa shape index (κ2) is 3.96. The van der Waals surface area contributed by atoms with Crippen LogP contribution >= 0.6 is 0 Å². The van der Waals surface area contributed by atoms with Gasteiger partial charge in [0.25, 0.3) is 0 Å². The number of hydrogen-bond donors (Lipinski definition) is 3. The highest BCUT2D eigenvalue weighted by atomic mass is 16.2. The van der Waals surface area contributed by atoms with Gasteiger partial charge in [-0.15, -0.1) is 0 Å². The van der Waals surface area contributed by atoms with Gasteiger partial charge in [-0.2, -0.15) is 0 Å². The lowest BCUT2D eigenvalue weighted by molar-refractivity contribution is -0.130. The summed E-state index contributed by atoms with van der Waals surface area (Å²) < 4.78 is 0. The van der Waals surface area contributed by atoms with Gasteiger partial charge in [-0.3, -0.25) is 9.59 Å². The van der Waals surface area contributed by atoms with Gasteiger partial charge in [0, 0.05) is 0 Å². The number of primary amides is 1. The minimum atomic E-state index is -0.610. The minimum absolute atomic E-state index is 0.152. The lowest BCUT2D eigenvalue weighted by Crippen LogP contribution is -2.55. The molecule has 0 saturated carbocycles. The molecule has 0 aliphatic carbocycles. The summed E-state index contributed by atoms with van der Waals surface area (Å²) in [6, 6.07) is -0.610. The third kappa shape index (κ3) is 2.23. The van der Waals surface area contributed by atoms with Crippen molar-refractivity contribution in [1.82, 2.24) is 10.6 Å². The minimum Gasteiger partial charge on any atom is -0.368 e. The molecule has 0 aromatic carbocycles. The van der Waals surface area contributed by atoms with Crippen molar-refractivity contribution >= 4 is 11.8 Å². The molecule has 0 aromatic rings. The molecule has 14 heavy (non-hydrogen) atoms. The van der Waals surface area contributed by atoms with Crippen molar-refractivity contribution in [3.8, 4) is 0 Å². The molecular formula is C9H17N3O2. The largest absolute Gasteiger partial charge is 0.368 e. The fraction of sp³-hybridized carbons (Fsp3) is 0.778. The third-order valence-electron chi connectivity index (χ3n) is 2.64. The van der Waals surface area contributed by atoms with E-state index in [-0.39, 0.29) is 5.91 Å². The Morgan fingerprint density at radius 3 is 2.64 bits per heavy atom. The Kier molecular flexibility index (Phi) is 3.10. The number of carbonyl (C=O) groups is 2. The average molecular weight is 199 g/mol. The molecule has 5 nitrogen and oxygen atoms in total. The van der Waals surface area contributed by atoms with Crippen molar-refractivity contribution in [3.05, 3.63) is 0 Å². The fourth-order valence-electron chi connectivity index (χ4n) is 1.52. The zero-order chi connectivity index (χ0) is 10.8. The summed E-state index contributed by atoms with van der Waals surface area (Å²) in [6.07, 6.45) is 1.78. The van der Waals surface area contributed by atoms with E-state index in [9.17, 15) is 9.59 Å². The molecular weight excluding hydrogens is 182 g/mol. The molecule has 2 unspecified atom stereocenters. The van der Waals surface area contributed by atoms with E-state index in [0.717, 1.165) is 19.4 Å². The van der Waals surface area contributed by atoms with Crippen LogP contribution in [0, 0.1) is 0 Å². The molecule has 2 amide bonds. The predicted molar refractivity (Wildman–Crippen MR) is 52.4 cm³/mol. The third-order valence-corrected chi connectivity index (χ3v) is 2.64. The second-order valence-corrected chi connectivity index (χ2v) is 3.96. The molecule has 0 aromatic heterocycles. The first kappa shape index (κ1) is 11.0. The molecule has 1 aliphatic heterocycles. The fourth-order valence-corrected chi connectivity index (χ4v) is 1.52. The molecule has 0 radical (unpaired) electrons. The van der Waals surface area contributed by atoms with Crippen LogP contribution in [-0.2, 0) is 9.59 Å². The van der Waals surface area contributed by atoms with E-state index in [1.54, 1.807) is 6.92 Å². The Morgan fingerprint density at radius 2 is 2.21 bits per heavy atom. The Balaban J connectivity index is 2.53. The maximum Gasteiger partial charge on any atom is 0.240 e. The van der Waals surface area contributed by atoms with Crippen LogP contribution in [0.1, 0.15) is 26.7 Å². The summed E-state index contributed by atoms with van der Waals surface area (Å²) in [6.45, 7) is 4.26. The zero-order valence-corrected chi connectivity index (χ0v) is 8.59. The Labute approximate surface area is 83.4 Å². The van der Waals surface area contributed by atoms with Crippen LogP contribution in [0.3, 0.4) is 0 Å². The first-order chi connectivity index (χ1) is 6.46. The Morgan fingerprint density at radius 1 is 1.57 bits per heavy atom. The molecule has 1 saturated heterocycles. The van der Waals surface area contributed by atoms with E-state index < -0.39 is 17.5 Å². The number of rotatable bonds is 3. The van der Waals surface area contributed by atoms with Gasteiger partial charge in [0.1, 0.15) is 6.04 Å². The van der Waals surface area contributed by atoms with Gasteiger partial charge >= 0.3 is 0 Å². The van der Waals surface area contributed by atoms with Crippen molar-refractivity contribution in [2.75, 3.05) is 6.54 Å². The number of hydrogen-bond acceptors (Lipinski definition) is 3. The molecule has 5 heteroatoms. The van der Waals surface area contributed by atoms with Crippen molar-refractivity contribution in [2.24, 2.45) is 5.73 Å². The van der Waals surface area contributed by atoms with Gasteiger partial charge in [-0.1, -0.05) is 0 Å². The SMILES string of the molecule is CC(NC(=O)C1(C)CCCN1)C(N)=O. The van der Waals surface area contributed by atoms with Crippen LogP contribution in [0.4, 0.5) is 0 Å². The van der Waals surface area contributed by atoms with E-state index in [4.69, 9.17) is 5.73 Å². The van der Waals surface area contributed by atoms with Gasteiger partial charge in [0.05, 0.1) is 5.54 Å². The highest BCUT2D eigenvalue weighted by Crippen LogP contribution is 2.18. The molecule has 0 bridgehead atoms. The lowest BCUT2D eigenvalue weighted by atomic mass is 9.99. The van der Waals surface area contributed by atoms with E-state index in [1.165, 1.54) is 0 Å². The molecule has 1 aliphatic rings. The average Bonchev–Trinajstić information content (AvgIpc) is 2.53. The normalized spacial score (nSPS) is 28.4. The highest BCUT2D eigenvalue weighted by molar-refractivity contribution is 5.91. The standard InChI is InChI=1S/C9H17N3O2/c1-6(7(10)13)12-8(14)9(2)4-3-5-11-9/h6,11H,3-5H2,1-2H3,(H2,10,13)(H,12,14). The smallest absolute Gasteiger partial charge is 0.240 e. The quantitative estimate of drug-likeness (QED) is 0.552. The van der Waals surface area contributed by atoms with Crippen molar-refractivity contribution in [3.63, 3.8) is 0 Å². The van der Waals surface area contributed by atoms with E-state index in [0.29, 0.717) is 0 Å². The Hall–Kier alpha value is -1.10. The second-order valence-electron chi connectivity index (χ2n) is 3.96. The molecule has 2 atom stereocenters. The predicted octanol–water partition coefficient (Wildman–Crippen LogP) is -0.881. The number of nitrogens with two attached hydrogens (primary N) is 1. The number of carbonyl (C=O) groups excluding carboxylic acids is 2. The zero-order valence-electron chi connectivity index (χ0n) is 8.59. The highest BCUT2D eigenvalue weighted by Gasteiger charge is 2.36. The first-order valence-electron chi connectivity index (χ1n) is 4.81. The van der Waals surface area contributed by atoms with Crippen molar-refractivity contribution in [2.45, 2.75) is 38.3 Å². The summed E-state index contributed by atoms with van der Waals surface area (Å²) in [7, 11) is 0. The van der Waals surface area contributed by atoms with Crippen LogP contribution < -0.4 is 16.4 Å². The van der Waals surface area contributed by atoms with Crippen LogP contribution in [0.15, 0.2) is 0 Å². The summed E-state index contributed by atoms with van der Waals surface area (Å²) in [5.74, 6) is -0.666. The number of nitrogens with one attached hydrogen (secondary N) is 2. The molecule has 1 heterocycles. The first-order valence-corrected chi connectivity index (χ1v) is 4.81. The summed E-state index contributed by atoms with van der Waals surface area (Å²) >= 11 is 0. The molecule has 4 N–H and O–H groups in total. The van der Waals surface area contributed by atoms with Gasteiger partial charge in [0.2, 0.25) is 11.8 Å². The molecule has 1 rings (SSSR count). The van der Waals surface area contributed by atoms with Crippen molar-refractivity contribution < 1.29 is 9.59 Å².